The molecule has 0 bridgehead atoms. The van der Waals surface area contributed by atoms with Gasteiger partial charge in [-0.2, -0.15) is 13.5 Å². The Morgan fingerprint density at radius 1 is 1.05 bits per heavy atom. The number of fused-ring (bicyclic) bond motifs is 1. The summed E-state index contributed by atoms with van der Waals surface area (Å²) in [6.07, 6.45) is 2.46. The highest BCUT2D eigenvalue weighted by atomic mass is 32.2. The maximum absolute atomic E-state index is 12.5. The molecule has 1 aliphatic heterocycles. The molecule has 0 unspecified atom stereocenters. The van der Waals surface area contributed by atoms with Gasteiger partial charge in [0.2, 0.25) is 0 Å². The smallest absolute Gasteiger partial charge is 0.406 e. The summed E-state index contributed by atoms with van der Waals surface area (Å²) in [5.74, 6) is -0.168. The second-order valence-electron chi connectivity index (χ2n) is 10.4. The van der Waals surface area contributed by atoms with E-state index in [4.69, 9.17) is 4.98 Å². The highest BCUT2D eigenvalue weighted by Gasteiger charge is 2.34. The number of pyridine rings is 1. The zero-order valence-corrected chi connectivity index (χ0v) is 22.5. The lowest BCUT2D eigenvalue weighted by atomic mass is 9.74. The molecule has 39 heavy (non-hydrogen) atoms. The minimum Gasteiger partial charge on any atom is -0.406 e. The number of hydrogen-bond acceptors (Lipinski definition) is 5. The maximum atomic E-state index is 12.5. The number of hydrogen-bond donors (Lipinski definition) is 2. The van der Waals surface area contributed by atoms with Crippen molar-refractivity contribution >= 4 is 21.2 Å². The number of rotatable bonds is 7. The van der Waals surface area contributed by atoms with Crippen molar-refractivity contribution in [2.45, 2.75) is 33.1 Å². The molecule has 4 heterocycles. The van der Waals surface area contributed by atoms with Crippen molar-refractivity contribution in [2.75, 3.05) is 13.1 Å². The van der Waals surface area contributed by atoms with E-state index in [1.54, 1.807) is 23.0 Å². The first-order valence-electron chi connectivity index (χ1n) is 12.4. The van der Waals surface area contributed by atoms with E-state index in [1.807, 2.05) is 36.1 Å². The lowest BCUT2D eigenvalue weighted by Gasteiger charge is -2.37. The number of aryl methyl sites for hydroxylation is 2. The molecule has 5 rings (SSSR count). The van der Waals surface area contributed by atoms with Gasteiger partial charge in [-0.25, -0.2) is 14.4 Å². The third-order valence-electron chi connectivity index (χ3n) is 7.27. The number of alkyl halides is 3. The van der Waals surface area contributed by atoms with Crippen LogP contribution in [0.5, 0.6) is 5.75 Å². The van der Waals surface area contributed by atoms with Crippen LogP contribution in [-0.2, 0) is 23.7 Å². The predicted molar refractivity (Wildman–Crippen MR) is 140 cm³/mol. The predicted octanol–water partition coefficient (Wildman–Crippen LogP) is 4.34. The SMILES string of the molecule is Cn1cc(-n2cc(CCC(C)(C)C3CNS(=O)(=O)NC3)c3ccc(-c4ccc(OC(F)(F)F)cc4)nc32)cn1. The molecule has 0 radical (unpaired) electrons. The lowest BCUT2D eigenvalue weighted by Crippen LogP contribution is -2.52. The van der Waals surface area contributed by atoms with Gasteiger partial charge in [-0.1, -0.05) is 13.8 Å². The van der Waals surface area contributed by atoms with Crippen molar-refractivity contribution in [3.8, 4) is 22.7 Å². The van der Waals surface area contributed by atoms with Gasteiger partial charge in [-0.05, 0) is 66.1 Å². The molecule has 3 aromatic heterocycles. The summed E-state index contributed by atoms with van der Waals surface area (Å²) in [5, 5.41) is 5.24. The first-order chi connectivity index (χ1) is 18.3. The maximum Gasteiger partial charge on any atom is 0.573 e. The van der Waals surface area contributed by atoms with Crippen molar-refractivity contribution in [1.82, 2.24) is 28.8 Å². The molecular weight excluding hydrogens is 533 g/mol. The summed E-state index contributed by atoms with van der Waals surface area (Å²) < 4.78 is 73.8. The van der Waals surface area contributed by atoms with Crippen LogP contribution in [0.4, 0.5) is 13.2 Å². The molecule has 0 amide bonds. The normalized spacial score (nSPS) is 16.6. The Balaban J connectivity index is 1.45. The van der Waals surface area contributed by atoms with E-state index in [2.05, 4.69) is 33.1 Å². The van der Waals surface area contributed by atoms with Crippen LogP contribution >= 0.6 is 0 Å². The van der Waals surface area contributed by atoms with E-state index in [9.17, 15) is 21.6 Å². The summed E-state index contributed by atoms with van der Waals surface area (Å²) >= 11 is 0. The molecule has 0 atom stereocenters. The summed E-state index contributed by atoms with van der Waals surface area (Å²) in [6.45, 7) is 5.05. The van der Waals surface area contributed by atoms with Crippen molar-refractivity contribution in [1.29, 1.82) is 0 Å². The average molecular weight is 563 g/mol. The molecule has 4 aromatic rings. The Hall–Kier alpha value is -3.42. The Morgan fingerprint density at radius 3 is 2.36 bits per heavy atom. The minimum absolute atomic E-state index is 0.127. The Kier molecular flexibility index (Phi) is 6.93. The second-order valence-corrected chi connectivity index (χ2v) is 12.0. The number of ether oxygens (including phenoxy) is 1. The van der Waals surface area contributed by atoms with Gasteiger partial charge in [-0.3, -0.25) is 9.25 Å². The van der Waals surface area contributed by atoms with Gasteiger partial charge in [0.15, 0.2) is 0 Å². The van der Waals surface area contributed by atoms with Crippen LogP contribution in [0.1, 0.15) is 25.8 Å². The Labute approximate surface area is 224 Å². The first-order valence-corrected chi connectivity index (χ1v) is 13.9. The summed E-state index contributed by atoms with van der Waals surface area (Å²) in [6, 6.07) is 9.45. The van der Waals surface area contributed by atoms with Crippen molar-refractivity contribution in [3.63, 3.8) is 0 Å². The van der Waals surface area contributed by atoms with Crippen molar-refractivity contribution < 1.29 is 26.3 Å². The highest BCUT2D eigenvalue weighted by molar-refractivity contribution is 7.87. The Bertz CT molecular complexity index is 1580. The lowest BCUT2D eigenvalue weighted by molar-refractivity contribution is -0.274. The quantitative estimate of drug-likeness (QED) is 0.349. The van der Waals surface area contributed by atoms with Crippen LogP contribution in [0, 0.1) is 11.3 Å². The van der Waals surface area contributed by atoms with E-state index in [0.717, 1.165) is 29.5 Å². The molecule has 1 aliphatic rings. The highest BCUT2D eigenvalue weighted by Crippen LogP contribution is 2.35. The molecule has 0 saturated carbocycles. The molecule has 13 heteroatoms. The number of halogens is 3. The van der Waals surface area contributed by atoms with Crippen molar-refractivity contribution in [2.24, 2.45) is 18.4 Å². The number of aromatic nitrogens is 4. The van der Waals surface area contributed by atoms with Crippen LogP contribution in [0.15, 0.2) is 55.0 Å². The third kappa shape index (κ3) is 6.10. The minimum atomic E-state index is -4.75. The molecule has 1 saturated heterocycles. The van der Waals surface area contributed by atoms with Crippen molar-refractivity contribution in [3.05, 3.63) is 60.6 Å². The van der Waals surface area contributed by atoms with E-state index in [-0.39, 0.29) is 17.1 Å². The number of benzene rings is 1. The van der Waals surface area contributed by atoms with Crippen LogP contribution < -0.4 is 14.2 Å². The average Bonchev–Trinajstić information content (AvgIpc) is 3.45. The van der Waals surface area contributed by atoms with Gasteiger partial charge < -0.3 is 4.74 Å². The molecule has 0 spiro atoms. The number of nitrogens with one attached hydrogen (secondary N) is 2. The van der Waals surface area contributed by atoms with Gasteiger partial charge in [-0.15, -0.1) is 13.2 Å². The molecule has 1 aromatic carbocycles. The molecule has 2 N–H and O–H groups in total. The van der Waals surface area contributed by atoms with E-state index in [0.29, 0.717) is 30.0 Å². The third-order valence-corrected chi connectivity index (χ3v) is 8.36. The van der Waals surface area contributed by atoms with Crippen LogP contribution in [-0.4, -0.2) is 47.2 Å². The largest absolute Gasteiger partial charge is 0.573 e. The fraction of sp³-hybridized carbons (Fsp3) is 0.385. The fourth-order valence-corrected chi connectivity index (χ4v) is 5.79. The summed E-state index contributed by atoms with van der Waals surface area (Å²) in [7, 11) is -1.58. The summed E-state index contributed by atoms with van der Waals surface area (Å²) in [5.41, 5.74) is 3.73. The first kappa shape index (κ1) is 27.2. The molecule has 0 aliphatic carbocycles. The van der Waals surface area contributed by atoms with E-state index >= 15 is 0 Å². The standard InChI is InChI=1S/C26H29F3N6O3S/c1-25(2,19-12-31-39(36,37)32-13-19)11-10-18-15-35(20-14-30-34(3)16-20)24-22(18)8-9-23(33-24)17-4-6-21(7-5-17)38-26(27,28)29/h4-9,14-16,19,31-32H,10-13H2,1-3H3. The summed E-state index contributed by atoms with van der Waals surface area (Å²) in [4.78, 5) is 4.88. The molecule has 208 valence electrons. The van der Waals surface area contributed by atoms with Gasteiger partial charge in [0, 0.05) is 43.5 Å². The molecule has 1 fully saturated rings. The second kappa shape index (κ2) is 9.96. The Morgan fingerprint density at radius 2 is 1.74 bits per heavy atom. The topological polar surface area (TPSA) is 103 Å². The molecular formula is C26H29F3N6O3S. The van der Waals surface area contributed by atoms with Crippen LogP contribution in [0.25, 0.3) is 28.0 Å². The van der Waals surface area contributed by atoms with Gasteiger partial charge in [0.1, 0.15) is 11.4 Å². The van der Waals surface area contributed by atoms with E-state index < -0.39 is 16.6 Å². The van der Waals surface area contributed by atoms with Gasteiger partial charge in [0.05, 0.1) is 17.6 Å². The molecule has 9 nitrogen and oxygen atoms in total. The zero-order chi connectivity index (χ0) is 28.0. The fourth-order valence-electron chi connectivity index (χ4n) is 4.84. The van der Waals surface area contributed by atoms with E-state index in [1.165, 1.54) is 12.1 Å². The van der Waals surface area contributed by atoms with Gasteiger partial charge in [0.25, 0.3) is 10.2 Å². The number of nitrogens with zero attached hydrogens (tertiary/aromatic N) is 4. The van der Waals surface area contributed by atoms with Crippen LogP contribution in [0.3, 0.4) is 0 Å². The van der Waals surface area contributed by atoms with Gasteiger partial charge >= 0.3 is 6.36 Å². The monoisotopic (exact) mass is 562 g/mol. The zero-order valence-electron chi connectivity index (χ0n) is 21.7. The van der Waals surface area contributed by atoms with Crippen LogP contribution in [0.2, 0.25) is 0 Å².